The Morgan fingerprint density at radius 2 is 1.70 bits per heavy atom. The van der Waals surface area contributed by atoms with Crippen molar-refractivity contribution in [3.8, 4) is 11.5 Å². The molecule has 2 rings (SSSR count). The van der Waals surface area contributed by atoms with Crippen molar-refractivity contribution < 1.29 is 32.2 Å². The summed E-state index contributed by atoms with van der Waals surface area (Å²) in [5.41, 5.74) is -0.473. The number of ether oxygens (including phenoxy) is 3. The summed E-state index contributed by atoms with van der Waals surface area (Å²) >= 11 is 0. The highest BCUT2D eigenvalue weighted by atomic mass is 19.4. The molecule has 27 heavy (non-hydrogen) atoms. The molecule has 0 bridgehead atoms. The zero-order valence-electron chi connectivity index (χ0n) is 14.7. The lowest BCUT2D eigenvalue weighted by atomic mass is 10.2. The van der Waals surface area contributed by atoms with E-state index in [1.165, 1.54) is 18.2 Å². The summed E-state index contributed by atoms with van der Waals surface area (Å²) in [6.45, 7) is 1.58. The second-order valence-corrected chi connectivity index (χ2v) is 5.52. The van der Waals surface area contributed by atoms with Crippen molar-refractivity contribution >= 4 is 5.91 Å². The molecular weight excluding hydrogens is 363 g/mol. The van der Waals surface area contributed by atoms with Gasteiger partial charge >= 0.3 is 6.18 Å². The quantitative estimate of drug-likeness (QED) is 0.668. The highest BCUT2D eigenvalue weighted by Gasteiger charge is 2.30. The van der Waals surface area contributed by atoms with Gasteiger partial charge in [0.05, 0.1) is 25.4 Å². The summed E-state index contributed by atoms with van der Waals surface area (Å²) in [5.74, 6) is -0.0351. The van der Waals surface area contributed by atoms with Crippen LogP contribution in [0.2, 0.25) is 0 Å². The summed E-state index contributed by atoms with van der Waals surface area (Å²) in [6, 6.07) is 10.7. The molecule has 0 heterocycles. The number of hydrogen-bond donors (Lipinski definition) is 1. The van der Waals surface area contributed by atoms with Crippen LogP contribution in [0.15, 0.2) is 48.5 Å². The van der Waals surface area contributed by atoms with Gasteiger partial charge in [0.2, 0.25) is 0 Å². The van der Waals surface area contributed by atoms with Crippen LogP contribution in [0, 0.1) is 0 Å². The van der Waals surface area contributed by atoms with E-state index in [4.69, 9.17) is 14.2 Å². The van der Waals surface area contributed by atoms with Gasteiger partial charge in [-0.3, -0.25) is 4.79 Å². The lowest BCUT2D eigenvalue weighted by molar-refractivity contribution is -0.137. The Bertz CT molecular complexity index is 750. The number of nitrogens with one attached hydrogen (secondary N) is 1. The molecule has 8 heteroatoms. The fraction of sp³-hybridized carbons (Fsp3) is 0.316. The third-order valence-corrected chi connectivity index (χ3v) is 3.46. The van der Waals surface area contributed by atoms with Crippen LogP contribution in [0.1, 0.15) is 15.9 Å². The fourth-order valence-corrected chi connectivity index (χ4v) is 2.16. The minimum Gasteiger partial charge on any atom is -0.457 e. The van der Waals surface area contributed by atoms with Gasteiger partial charge in [-0.25, -0.2) is 0 Å². The Morgan fingerprint density at radius 1 is 1.00 bits per heavy atom. The van der Waals surface area contributed by atoms with E-state index in [1.54, 1.807) is 25.3 Å². The third kappa shape index (κ3) is 6.92. The van der Waals surface area contributed by atoms with Gasteiger partial charge in [-0.15, -0.1) is 0 Å². The highest BCUT2D eigenvalue weighted by molar-refractivity contribution is 5.94. The van der Waals surface area contributed by atoms with Gasteiger partial charge in [0.1, 0.15) is 11.5 Å². The lowest BCUT2D eigenvalue weighted by Crippen LogP contribution is -2.27. The SMILES string of the molecule is COCCOCCNC(=O)c1cccc(Oc2cccc(C(F)(F)F)c2)c1. The van der Waals surface area contributed by atoms with Crippen LogP contribution in [0.25, 0.3) is 0 Å². The minimum absolute atomic E-state index is 0.0360. The molecule has 0 aliphatic heterocycles. The first-order valence-corrected chi connectivity index (χ1v) is 8.20. The number of hydrogen-bond acceptors (Lipinski definition) is 4. The molecule has 2 aromatic carbocycles. The summed E-state index contributed by atoms with van der Waals surface area (Å²) in [7, 11) is 1.57. The molecule has 146 valence electrons. The van der Waals surface area contributed by atoms with Crippen LogP contribution in [0.5, 0.6) is 11.5 Å². The highest BCUT2D eigenvalue weighted by Crippen LogP contribution is 2.32. The fourth-order valence-electron chi connectivity index (χ4n) is 2.16. The largest absolute Gasteiger partial charge is 0.457 e. The number of carbonyl (C=O) groups is 1. The Balaban J connectivity index is 1.94. The molecule has 0 aliphatic carbocycles. The molecule has 0 saturated carbocycles. The molecule has 0 fully saturated rings. The van der Waals surface area contributed by atoms with Crippen molar-refractivity contribution in [2.45, 2.75) is 6.18 Å². The first kappa shape index (κ1) is 20.7. The average molecular weight is 383 g/mol. The lowest BCUT2D eigenvalue weighted by Gasteiger charge is -2.11. The molecule has 1 amide bonds. The number of halogens is 3. The van der Waals surface area contributed by atoms with E-state index in [9.17, 15) is 18.0 Å². The molecule has 0 radical (unpaired) electrons. The van der Waals surface area contributed by atoms with E-state index in [0.717, 1.165) is 12.1 Å². The third-order valence-electron chi connectivity index (χ3n) is 3.46. The second kappa shape index (κ2) is 9.94. The number of methoxy groups -OCH3 is 1. The monoisotopic (exact) mass is 383 g/mol. The maximum absolute atomic E-state index is 12.8. The molecule has 5 nitrogen and oxygen atoms in total. The van der Waals surface area contributed by atoms with Gasteiger partial charge in [0.25, 0.3) is 5.91 Å². The normalized spacial score (nSPS) is 11.3. The summed E-state index contributed by atoms with van der Waals surface area (Å²) < 4.78 is 53.8. The maximum atomic E-state index is 12.8. The first-order valence-electron chi connectivity index (χ1n) is 8.20. The van der Waals surface area contributed by atoms with Crippen LogP contribution in [-0.2, 0) is 15.7 Å². The predicted molar refractivity (Wildman–Crippen MR) is 93.0 cm³/mol. The topological polar surface area (TPSA) is 56.8 Å². The molecule has 0 aromatic heterocycles. The van der Waals surface area contributed by atoms with E-state index in [0.29, 0.717) is 31.9 Å². The number of amides is 1. The van der Waals surface area contributed by atoms with Crippen LogP contribution < -0.4 is 10.1 Å². The van der Waals surface area contributed by atoms with E-state index in [-0.39, 0.29) is 17.4 Å². The summed E-state index contributed by atoms with van der Waals surface area (Å²) in [5, 5.41) is 2.69. The Hall–Kier alpha value is -2.58. The van der Waals surface area contributed by atoms with E-state index >= 15 is 0 Å². The molecular formula is C19H20F3NO4. The zero-order valence-corrected chi connectivity index (χ0v) is 14.7. The molecule has 1 N–H and O–H groups in total. The number of carbonyl (C=O) groups excluding carboxylic acids is 1. The van der Waals surface area contributed by atoms with Gasteiger partial charge < -0.3 is 19.5 Å². The molecule has 0 saturated heterocycles. The average Bonchev–Trinajstić information content (AvgIpc) is 2.64. The Labute approximate surface area is 155 Å². The van der Waals surface area contributed by atoms with Crippen molar-refractivity contribution in [2.24, 2.45) is 0 Å². The molecule has 0 spiro atoms. The van der Waals surface area contributed by atoms with Crippen LogP contribution >= 0.6 is 0 Å². The standard InChI is InChI=1S/C19H20F3NO4/c1-25-10-11-26-9-8-23-18(24)14-4-2-6-16(12-14)27-17-7-3-5-15(13-17)19(20,21)22/h2-7,12-13H,8-11H2,1H3,(H,23,24). The first-order chi connectivity index (χ1) is 12.9. The van der Waals surface area contributed by atoms with Crippen molar-refractivity contribution in [3.63, 3.8) is 0 Å². The zero-order chi connectivity index (χ0) is 19.7. The van der Waals surface area contributed by atoms with Gasteiger partial charge in [-0.1, -0.05) is 12.1 Å². The predicted octanol–water partition coefficient (Wildman–Crippen LogP) is 3.89. The van der Waals surface area contributed by atoms with Gasteiger partial charge in [0, 0.05) is 19.2 Å². The summed E-state index contributed by atoms with van der Waals surface area (Å²) in [4.78, 5) is 12.1. The van der Waals surface area contributed by atoms with Crippen LogP contribution in [-0.4, -0.2) is 39.4 Å². The summed E-state index contributed by atoms with van der Waals surface area (Å²) in [6.07, 6.45) is -4.45. The minimum atomic E-state index is -4.45. The molecule has 0 atom stereocenters. The van der Waals surface area contributed by atoms with E-state index < -0.39 is 11.7 Å². The van der Waals surface area contributed by atoms with Crippen molar-refractivity contribution in [1.82, 2.24) is 5.32 Å². The number of benzene rings is 2. The van der Waals surface area contributed by atoms with Gasteiger partial charge in [-0.05, 0) is 36.4 Å². The van der Waals surface area contributed by atoms with Gasteiger partial charge in [0.15, 0.2) is 0 Å². The van der Waals surface area contributed by atoms with E-state index in [2.05, 4.69) is 5.32 Å². The van der Waals surface area contributed by atoms with Crippen molar-refractivity contribution in [1.29, 1.82) is 0 Å². The maximum Gasteiger partial charge on any atom is 0.416 e. The second-order valence-electron chi connectivity index (χ2n) is 5.52. The van der Waals surface area contributed by atoms with Gasteiger partial charge in [-0.2, -0.15) is 13.2 Å². The van der Waals surface area contributed by atoms with E-state index in [1.807, 2.05) is 0 Å². The Morgan fingerprint density at radius 3 is 2.41 bits per heavy atom. The van der Waals surface area contributed by atoms with Crippen molar-refractivity contribution in [3.05, 3.63) is 59.7 Å². The molecule has 0 unspecified atom stereocenters. The Kier molecular flexibility index (Phi) is 7.63. The number of rotatable bonds is 9. The number of alkyl halides is 3. The van der Waals surface area contributed by atoms with Crippen LogP contribution in [0.4, 0.5) is 13.2 Å². The smallest absolute Gasteiger partial charge is 0.416 e. The van der Waals surface area contributed by atoms with Crippen LogP contribution in [0.3, 0.4) is 0 Å². The molecule has 0 aliphatic rings. The van der Waals surface area contributed by atoms with Crippen molar-refractivity contribution in [2.75, 3.05) is 33.5 Å². The molecule has 2 aromatic rings.